The van der Waals surface area contributed by atoms with E-state index in [-0.39, 0.29) is 5.75 Å². The Hall–Kier alpha value is -2.20. The summed E-state index contributed by atoms with van der Waals surface area (Å²) in [6.07, 6.45) is 1.98. The SMILES string of the molecule is CCN1CCc2cc(OC)cc3c2[C@H]1Cc1ccc(O)c(OC)c1-3. The molecule has 0 amide bonds. The van der Waals surface area contributed by atoms with Gasteiger partial charge >= 0.3 is 0 Å². The lowest BCUT2D eigenvalue weighted by molar-refractivity contribution is 0.192. The van der Waals surface area contributed by atoms with Crippen molar-refractivity contribution in [3.8, 4) is 28.4 Å². The summed E-state index contributed by atoms with van der Waals surface area (Å²) in [4.78, 5) is 2.54. The second-order valence-electron chi connectivity index (χ2n) is 6.50. The van der Waals surface area contributed by atoms with Crippen molar-refractivity contribution in [2.75, 3.05) is 27.3 Å². The molecule has 1 aliphatic carbocycles. The van der Waals surface area contributed by atoms with Crippen LogP contribution in [0.3, 0.4) is 0 Å². The molecule has 0 saturated carbocycles. The van der Waals surface area contributed by atoms with Gasteiger partial charge in [-0.1, -0.05) is 13.0 Å². The number of rotatable bonds is 3. The molecular formula is C20H23NO3. The lowest BCUT2D eigenvalue weighted by Gasteiger charge is -2.41. The van der Waals surface area contributed by atoms with Crippen LogP contribution in [0.15, 0.2) is 24.3 Å². The Morgan fingerprint density at radius 1 is 1.17 bits per heavy atom. The summed E-state index contributed by atoms with van der Waals surface area (Å²) in [6.45, 7) is 4.34. The van der Waals surface area contributed by atoms with Crippen molar-refractivity contribution in [3.05, 3.63) is 41.0 Å². The van der Waals surface area contributed by atoms with E-state index in [1.807, 2.05) is 6.07 Å². The van der Waals surface area contributed by atoms with Crippen molar-refractivity contribution in [2.24, 2.45) is 0 Å². The molecule has 0 bridgehead atoms. The molecular weight excluding hydrogens is 302 g/mol. The van der Waals surface area contributed by atoms with Crippen LogP contribution in [0.5, 0.6) is 17.2 Å². The highest BCUT2D eigenvalue weighted by molar-refractivity contribution is 5.83. The number of hydrogen-bond donors (Lipinski definition) is 1. The smallest absolute Gasteiger partial charge is 0.168 e. The van der Waals surface area contributed by atoms with Crippen molar-refractivity contribution >= 4 is 0 Å². The van der Waals surface area contributed by atoms with Gasteiger partial charge in [-0.2, -0.15) is 0 Å². The largest absolute Gasteiger partial charge is 0.504 e. The number of aromatic hydroxyl groups is 1. The first-order chi connectivity index (χ1) is 11.7. The van der Waals surface area contributed by atoms with E-state index in [1.54, 1.807) is 20.3 Å². The molecule has 1 N–H and O–H groups in total. The molecule has 0 spiro atoms. The van der Waals surface area contributed by atoms with Crippen LogP contribution in [-0.2, 0) is 12.8 Å². The molecule has 0 aromatic heterocycles. The molecule has 0 saturated heterocycles. The molecule has 1 heterocycles. The Kier molecular flexibility index (Phi) is 3.65. The Morgan fingerprint density at radius 3 is 2.71 bits per heavy atom. The standard InChI is InChI=1S/C20H23NO3/c1-4-21-8-7-13-9-14(23-2)11-15-18(13)16(21)10-12-5-6-17(22)20(24-3)19(12)15/h5-6,9,11,16,22H,4,7-8,10H2,1-3H3/t16-/m1/s1. The number of nitrogens with zero attached hydrogens (tertiary/aromatic N) is 1. The van der Waals surface area contributed by atoms with Gasteiger partial charge in [-0.05, 0) is 59.8 Å². The highest BCUT2D eigenvalue weighted by Gasteiger charge is 2.36. The van der Waals surface area contributed by atoms with Crippen molar-refractivity contribution < 1.29 is 14.6 Å². The van der Waals surface area contributed by atoms with E-state index >= 15 is 0 Å². The van der Waals surface area contributed by atoms with Gasteiger partial charge in [-0.15, -0.1) is 0 Å². The molecule has 126 valence electrons. The van der Waals surface area contributed by atoms with Gasteiger partial charge in [0.25, 0.3) is 0 Å². The first-order valence-corrected chi connectivity index (χ1v) is 8.52. The van der Waals surface area contributed by atoms with Crippen LogP contribution >= 0.6 is 0 Å². The summed E-state index contributed by atoms with van der Waals surface area (Å²) in [5.41, 5.74) is 6.11. The molecule has 0 unspecified atom stereocenters. The number of hydrogen-bond acceptors (Lipinski definition) is 4. The summed E-state index contributed by atoms with van der Waals surface area (Å²) in [6, 6.07) is 8.41. The average molecular weight is 325 g/mol. The van der Waals surface area contributed by atoms with Gasteiger partial charge < -0.3 is 14.6 Å². The molecule has 4 heteroatoms. The van der Waals surface area contributed by atoms with Crippen LogP contribution in [0.25, 0.3) is 11.1 Å². The van der Waals surface area contributed by atoms with E-state index in [9.17, 15) is 5.11 Å². The van der Waals surface area contributed by atoms with Crippen LogP contribution in [0.1, 0.15) is 29.7 Å². The summed E-state index contributed by atoms with van der Waals surface area (Å²) >= 11 is 0. The van der Waals surface area contributed by atoms with Crippen molar-refractivity contribution in [3.63, 3.8) is 0 Å². The number of ether oxygens (including phenoxy) is 2. The van der Waals surface area contributed by atoms with Gasteiger partial charge in [0.05, 0.1) is 14.2 Å². The summed E-state index contributed by atoms with van der Waals surface area (Å²) in [5, 5.41) is 10.3. The highest BCUT2D eigenvalue weighted by atomic mass is 16.5. The van der Waals surface area contributed by atoms with E-state index in [1.165, 1.54) is 16.7 Å². The third-order valence-corrected chi connectivity index (χ3v) is 5.43. The average Bonchev–Trinajstić information content (AvgIpc) is 2.62. The number of phenolic OH excluding ortho intramolecular Hbond substituents is 1. The van der Waals surface area contributed by atoms with E-state index in [0.29, 0.717) is 11.8 Å². The predicted molar refractivity (Wildman–Crippen MR) is 94.0 cm³/mol. The van der Waals surface area contributed by atoms with Gasteiger partial charge in [0, 0.05) is 18.2 Å². The normalized spacial score (nSPS) is 18.7. The maximum atomic E-state index is 10.3. The maximum absolute atomic E-state index is 10.3. The minimum atomic E-state index is 0.189. The summed E-state index contributed by atoms with van der Waals surface area (Å²) < 4.78 is 11.1. The zero-order chi connectivity index (χ0) is 16.8. The Labute approximate surface area is 142 Å². The fourth-order valence-corrected chi connectivity index (χ4v) is 4.31. The molecule has 2 aromatic rings. The Bertz CT molecular complexity index is 800. The molecule has 2 aliphatic rings. The zero-order valence-electron chi connectivity index (χ0n) is 14.4. The number of benzene rings is 2. The zero-order valence-corrected chi connectivity index (χ0v) is 14.4. The van der Waals surface area contributed by atoms with Crippen molar-refractivity contribution in [2.45, 2.75) is 25.8 Å². The van der Waals surface area contributed by atoms with Crippen LogP contribution in [-0.4, -0.2) is 37.3 Å². The molecule has 2 aromatic carbocycles. The van der Waals surface area contributed by atoms with Crippen LogP contribution in [0.2, 0.25) is 0 Å². The second-order valence-corrected chi connectivity index (χ2v) is 6.50. The van der Waals surface area contributed by atoms with E-state index in [2.05, 4.69) is 24.0 Å². The molecule has 1 atom stereocenters. The van der Waals surface area contributed by atoms with Gasteiger partial charge in [0.15, 0.2) is 11.5 Å². The number of methoxy groups -OCH3 is 2. The highest BCUT2D eigenvalue weighted by Crippen LogP contribution is 2.51. The molecule has 4 nitrogen and oxygen atoms in total. The van der Waals surface area contributed by atoms with E-state index in [4.69, 9.17) is 9.47 Å². The first-order valence-electron chi connectivity index (χ1n) is 8.52. The maximum Gasteiger partial charge on any atom is 0.168 e. The lowest BCUT2D eigenvalue weighted by Crippen LogP contribution is -2.38. The molecule has 4 rings (SSSR count). The number of likely N-dealkylation sites (N-methyl/N-ethyl adjacent to an activating group) is 1. The number of phenols is 1. The third-order valence-electron chi connectivity index (χ3n) is 5.43. The van der Waals surface area contributed by atoms with Crippen LogP contribution in [0, 0.1) is 0 Å². The van der Waals surface area contributed by atoms with Crippen molar-refractivity contribution in [1.82, 2.24) is 4.90 Å². The summed E-state index contributed by atoms with van der Waals surface area (Å²) in [7, 11) is 3.32. The monoisotopic (exact) mass is 325 g/mol. The molecule has 24 heavy (non-hydrogen) atoms. The van der Waals surface area contributed by atoms with Gasteiger partial charge in [-0.25, -0.2) is 0 Å². The minimum Gasteiger partial charge on any atom is -0.504 e. The molecule has 0 fully saturated rings. The van der Waals surface area contributed by atoms with Crippen LogP contribution < -0.4 is 9.47 Å². The van der Waals surface area contributed by atoms with Crippen LogP contribution in [0.4, 0.5) is 0 Å². The lowest BCUT2D eigenvalue weighted by atomic mass is 9.76. The fourth-order valence-electron chi connectivity index (χ4n) is 4.31. The van der Waals surface area contributed by atoms with E-state index < -0.39 is 0 Å². The van der Waals surface area contributed by atoms with Gasteiger partial charge in [-0.3, -0.25) is 4.90 Å². The first kappa shape index (κ1) is 15.3. The molecule has 0 radical (unpaired) electrons. The third kappa shape index (κ3) is 2.09. The fraction of sp³-hybridized carbons (Fsp3) is 0.400. The minimum absolute atomic E-state index is 0.189. The number of fused-ring (bicyclic) bond motifs is 2. The quantitative estimate of drug-likeness (QED) is 0.937. The Balaban J connectivity index is 2.03. The topological polar surface area (TPSA) is 41.9 Å². The van der Waals surface area contributed by atoms with Crippen molar-refractivity contribution in [1.29, 1.82) is 0 Å². The van der Waals surface area contributed by atoms with Gasteiger partial charge in [0.2, 0.25) is 0 Å². The summed E-state index contributed by atoms with van der Waals surface area (Å²) in [5.74, 6) is 1.62. The van der Waals surface area contributed by atoms with E-state index in [0.717, 1.165) is 42.8 Å². The second kappa shape index (κ2) is 5.71. The molecule has 1 aliphatic heterocycles. The van der Waals surface area contributed by atoms with Gasteiger partial charge in [0.1, 0.15) is 5.75 Å². The predicted octanol–water partition coefficient (Wildman–Crippen LogP) is 3.55. The Morgan fingerprint density at radius 2 is 2.00 bits per heavy atom.